The molecule has 1 fully saturated rings. The molecule has 0 bridgehead atoms. The Labute approximate surface area is 118 Å². The molecule has 0 radical (unpaired) electrons. The summed E-state index contributed by atoms with van der Waals surface area (Å²) in [5.74, 6) is 0. The zero-order valence-corrected chi connectivity index (χ0v) is 14.2. The second-order valence-corrected chi connectivity index (χ2v) is 26.4. The summed E-state index contributed by atoms with van der Waals surface area (Å²) in [5.41, 5.74) is 0. The van der Waals surface area contributed by atoms with Gasteiger partial charge in [-0.2, -0.15) is 21.3 Å². The lowest BCUT2D eigenvalue weighted by Crippen LogP contribution is -2.61. The van der Waals surface area contributed by atoms with Crippen molar-refractivity contribution in [2.45, 2.75) is 13.1 Å². The zero-order valence-electron chi connectivity index (χ0n) is 10.6. The maximum absolute atomic E-state index is 2.50. The fourth-order valence-electron chi connectivity index (χ4n) is 2.47. The average molecular weight is 305 g/mol. The first-order chi connectivity index (χ1) is 8.62. The molecule has 0 nitrogen and oxygen atoms in total. The minimum Gasteiger partial charge on any atom is -0.175 e. The fraction of sp³-hybridized carbons (Fsp3) is 0.143. The van der Waals surface area contributed by atoms with E-state index in [1.807, 2.05) is 0 Å². The molecule has 1 aliphatic heterocycles. The lowest BCUT2D eigenvalue weighted by Gasteiger charge is -2.49. The topological polar surface area (TPSA) is 0 Å². The normalized spacial score (nSPS) is 30.8. The van der Waals surface area contributed by atoms with E-state index in [1.54, 1.807) is 10.4 Å². The molecule has 0 aliphatic carbocycles. The molecule has 1 aliphatic rings. The van der Waals surface area contributed by atoms with Crippen LogP contribution < -0.4 is 10.4 Å². The van der Waals surface area contributed by atoms with Crippen LogP contribution in [0.4, 0.5) is 0 Å². The van der Waals surface area contributed by atoms with E-state index < -0.39 is 12.7 Å². The molecule has 0 atom stereocenters. The van der Waals surface area contributed by atoms with Crippen LogP contribution in [0.15, 0.2) is 60.7 Å². The Kier molecular flexibility index (Phi) is 3.22. The van der Waals surface area contributed by atoms with E-state index in [0.717, 1.165) is 0 Å². The summed E-state index contributed by atoms with van der Waals surface area (Å²) in [6.45, 7) is 4.99. The third-order valence-electron chi connectivity index (χ3n) is 3.38. The van der Waals surface area contributed by atoms with Gasteiger partial charge in [-0.3, -0.25) is 0 Å². The van der Waals surface area contributed by atoms with Crippen molar-refractivity contribution >= 4 is 44.4 Å². The van der Waals surface area contributed by atoms with Crippen LogP contribution in [0.2, 0.25) is 13.1 Å². The largest absolute Gasteiger partial charge is 0.195 e. The van der Waals surface area contributed by atoms with Gasteiger partial charge in [-0.05, 0) is 23.5 Å². The number of benzene rings is 2. The van der Waals surface area contributed by atoms with Gasteiger partial charge in [-0.15, -0.1) is 0 Å². The van der Waals surface area contributed by atoms with Crippen LogP contribution in [0.5, 0.6) is 0 Å². The third kappa shape index (κ3) is 2.11. The molecular weight excluding hydrogens is 288 g/mol. The SMILES string of the molecule is C[Si]1(c2ccccc2)S[Si](C)(c2ccccc2)S1. The zero-order chi connectivity index (χ0) is 12.6. The van der Waals surface area contributed by atoms with Gasteiger partial charge >= 0.3 is 0 Å². The highest BCUT2D eigenvalue weighted by Gasteiger charge is 2.55. The Hall–Kier alpha value is -0.426. The molecule has 18 heavy (non-hydrogen) atoms. The van der Waals surface area contributed by atoms with Gasteiger partial charge in [0.2, 0.25) is 0 Å². The van der Waals surface area contributed by atoms with Crippen LogP contribution in [0.25, 0.3) is 0 Å². The summed E-state index contributed by atoms with van der Waals surface area (Å²) >= 11 is 0. The minimum absolute atomic E-state index is 1.30. The molecule has 3 rings (SSSR count). The van der Waals surface area contributed by atoms with Gasteiger partial charge in [0, 0.05) is 0 Å². The van der Waals surface area contributed by atoms with E-state index in [1.165, 1.54) is 0 Å². The maximum atomic E-state index is 2.50. The first-order valence-corrected chi connectivity index (χ1v) is 15.7. The van der Waals surface area contributed by atoms with Crippen LogP contribution in [-0.4, -0.2) is 12.7 Å². The van der Waals surface area contributed by atoms with E-state index in [-0.39, 0.29) is 0 Å². The Bertz CT molecular complexity index is 487. The quantitative estimate of drug-likeness (QED) is 0.780. The molecule has 4 heteroatoms. The summed E-state index contributed by atoms with van der Waals surface area (Å²) in [4.78, 5) is 0. The van der Waals surface area contributed by atoms with Gasteiger partial charge in [0.1, 0.15) is 0 Å². The summed E-state index contributed by atoms with van der Waals surface area (Å²) in [6.07, 6.45) is -2.59. The molecule has 0 unspecified atom stereocenters. The van der Waals surface area contributed by atoms with Crippen molar-refractivity contribution in [2.24, 2.45) is 0 Å². The first-order valence-electron chi connectivity index (χ1n) is 6.14. The number of hydrogen-bond acceptors (Lipinski definition) is 2. The van der Waals surface area contributed by atoms with Crippen LogP contribution in [0.1, 0.15) is 0 Å². The van der Waals surface area contributed by atoms with E-state index in [9.17, 15) is 0 Å². The standard InChI is InChI=1S/C14H16S2Si2/c1-17(13-9-5-3-6-10-13)15-18(2,16-17)14-11-7-4-8-12-14/h3-12H,1-2H3. The Balaban J connectivity index is 1.84. The van der Waals surface area contributed by atoms with Crippen molar-refractivity contribution in [3.63, 3.8) is 0 Å². The number of hydrogen-bond donors (Lipinski definition) is 0. The van der Waals surface area contributed by atoms with Crippen molar-refractivity contribution in [2.75, 3.05) is 0 Å². The third-order valence-corrected chi connectivity index (χ3v) is 38.2. The number of rotatable bonds is 2. The highest BCUT2D eigenvalue weighted by atomic mass is 32.9. The maximum Gasteiger partial charge on any atom is 0.195 e. The highest BCUT2D eigenvalue weighted by molar-refractivity contribution is 8.99. The van der Waals surface area contributed by atoms with E-state index in [2.05, 4.69) is 95.1 Å². The van der Waals surface area contributed by atoms with E-state index in [4.69, 9.17) is 0 Å². The van der Waals surface area contributed by atoms with Gasteiger partial charge in [0.15, 0.2) is 12.7 Å². The molecule has 92 valence electrons. The second-order valence-electron chi connectivity index (χ2n) is 4.83. The monoisotopic (exact) mass is 304 g/mol. The molecule has 0 spiro atoms. The molecule has 2 aromatic carbocycles. The van der Waals surface area contributed by atoms with Crippen molar-refractivity contribution in [1.82, 2.24) is 0 Å². The van der Waals surface area contributed by atoms with E-state index >= 15 is 0 Å². The molecule has 1 saturated heterocycles. The molecule has 0 amide bonds. The van der Waals surface area contributed by atoms with Gasteiger partial charge in [-0.25, -0.2) is 0 Å². The average Bonchev–Trinajstić information content (AvgIpc) is 2.39. The summed E-state index contributed by atoms with van der Waals surface area (Å²) in [7, 11) is 4.65. The fourth-order valence-corrected chi connectivity index (χ4v) is 47.1. The highest BCUT2D eigenvalue weighted by Crippen LogP contribution is 2.56. The Morgan fingerprint density at radius 3 is 1.28 bits per heavy atom. The predicted molar refractivity (Wildman–Crippen MR) is 90.6 cm³/mol. The second kappa shape index (κ2) is 4.60. The van der Waals surface area contributed by atoms with Gasteiger partial charge in [-0.1, -0.05) is 60.7 Å². The van der Waals surface area contributed by atoms with Crippen LogP contribution in [0, 0.1) is 0 Å². The Morgan fingerprint density at radius 2 is 0.944 bits per heavy atom. The van der Waals surface area contributed by atoms with Gasteiger partial charge in [0.05, 0.1) is 0 Å². The molecule has 0 saturated carbocycles. The van der Waals surface area contributed by atoms with Crippen molar-refractivity contribution < 1.29 is 0 Å². The molecular formula is C14H16S2Si2. The lowest BCUT2D eigenvalue weighted by atomic mass is 10.4. The van der Waals surface area contributed by atoms with E-state index in [0.29, 0.717) is 0 Å². The Morgan fingerprint density at radius 1 is 0.611 bits per heavy atom. The smallest absolute Gasteiger partial charge is 0.175 e. The molecule has 2 aromatic rings. The summed E-state index contributed by atoms with van der Waals surface area (Å²) in [6, 6.07) is 22.2. The van der Waals surface area contributed by atoms with Crippen molar-refractivity contribution in [1.29, 1.82) is 0 Å². The van der Waals surface area contributed by atoms with Crippen LogP contribution >= 0.6 is 21.3 Å². The van der Waals surface area contributed by atoms with Crippen LogP contribution in [0.3, 0.4) is 0 Å². The molecule has 0 N–H and O–H groups in total. The summed E-state index contributed by atoms with van der Waals surface area (Å²) < 4.78 is 0. The summed E-state index contributed by atoms with van der Waals surface area (Å²) in [5, 5.41) is 3.17. The minimum atomic E-state index is -1.30. The first kappa shape index (κ1) is 12.6. The predicted octanol–water partition coefficient (Wildman–Crippen LogP) is 3.42. The van der Waals surface area contributed by atoms with Crippen molar-refractivity contribution in [3.8, 4) is 0 Å². The molecule has 0 aromatic heterocycles. The van der Waals surface area contributed by atoms with Crippen LogP contribution in [-0.2, 0) is 0 Å². The molecule has 1 heterocycles. The lowest BCUT2D eigenvalue weighted by molar-refractivity contribution is 1.75. The van der Waals surface area contributed by atoms with Gasteiger partial charge < -0.3 is 0 Å². The van der Waals surface area contributed by atoms with Gasteiger partial charge in [0.25, 0.3) is 0 Å². The van der Waals surface area contributed by atoms with Crippen molar-refractivity contribution in [3.05, 3.63) is 60.7 Å².